The molecule has 2 unspecified atom stereocenters. The van der Waals surface area contributed by atoms with Gasteiger partial charge in [-0.2, -0.15) is 4.33 Å². The Bertz CT molecular complexity index is 364. The Morgan fingerprint density at radius 2 is 2.05 bits per heavy atom. The van der Waals surface area contributed by atoms with Crippen LogP contribution >= 0.6 is 12.0 Å². The molecule has 108 valence electrons. The molecule has 0 aromatic carbocycles. The normalized spacial score (nSPS) is 24.2. The van der Waals surface area contributed by atoms with Gasteiger partial charge in [-0.1, -0.05) is 6.92 Å². The van der Waals surface area contributed by atoms with Gasteiger partial charge in [0.05, 0.1) is 17.9 Å². The van der Waals surface area contributed by atoms with Crippen LogP contribution in [-0.4, -0.2) is 46.3 Å². The van der Waals surface area contributed by atoms with Gasteiger partial charge in [0.2, 0.25) is 0 Å². The largest absolute Gasteiger partial charge is 1.00 e. The van der Waals surface area contributed by atoms with E-state index in [1.54, 1.807) is 5.01 Å². The Balaban J connectivity index is 0. The molecule has 0 amide bonds. The predicted molar refractivity (Wildman–Crippen MR) is 61.2 cm³/mol. The van der Waals surface area contributed by atoms with Crippen molar-refractivity contribution in [3.63, 3.8) is 0 Å². The Morgan fingerprint density at radius 3 is 2.50 bits per heavy atom. The number of nitrogens with one attached hydrogen (secondary N) is 1. The fourth-order valence-corrected chi connectivity index (χ4v) is 3.22. The molecule has 1 N–H and O–H groups in total. The molecule has 0 bridgehead atoms. The molecular formula is C6H12N3Na2O6S3-. The topological polar surface area (TPSA) is 117 Å². The van der Waals surface area contributed by atoms with Crippen LogP contribution in [-0.2, 0) is 32.1 Å². The first-order valence-corrected chi connectivity index (χ1v) is 7.81. The number of nitrogens with zero attached hydrogens (tertiary/aromatic N) is 2. The Morgan fingerprint density at radius 1 is 1.45 bits per heavy atom. The van der Waals surface area contributed by atoms with Crippen molar-refractivity contribution in [2.75, 3.05) is 11.8 Å². The van der Waals surface area contributed by atoms with Crippen molar-refractivity contribution in [2.24, 2.45) is 0 Å². The monoisotopic (exact) mass is 364 g/mol. The molecular weight excluding hydrogens is 352 g/mol. The SMILES string of the molecule is CCC1N(CSOO[O-])NC([S-])N1CS(=O)(=O)[O-].[Na+].[Na+]. The van der Waals surface area contributed by atoms with Gasteiger partial charge in [-0.05, 0) is 11.9 Å². The molecule has 0 aromatic heterocycles. The standard InChI is InChI=1S/C6H15N3O6S3.2Na/c1-2-5-8(4-18(11,12)13)6(16)7-9(5)3-17-15-14-10;;/h5-7,10,16H,2-4H2,1H3,(H,11,12,13);;/q;2*+1/p-3. The maximum Gasteiger partial charge on any atom is 1.00 e. The van der Waals surface area contributed by atoms with Gasteiger partial charge in [-0.25, -0.2) is 13.4 Å². The van der Waals surface area contributed by atoms with E-state index in [0.29, 0.717) is 6.42 Å². The Hall–Kier alpha value is 2.37. The summed E-state index contributed by atoms with van der Waals surface area (Å²) < 4.78 is 36.4. The van der Waals surface area contributed by atoms with Crippen LogP contribution in [0.15, 0.2) is 0 Å². The van der Waals surface area contributed by atoms with Crippen LogP contribution in [0, 0.1) is 0 Å². The molecule has 1 heterocycles. The van der Waals surface area contributed by atoms with E-state index in [2.05, 4.69) is 14.8 Å². The van der Waals surface area contributed by atoms with Gasteiger partial charge in [0, 0.05) is 12.0 Å². The van der Waals surface area contributed by atoms with E-state index in [4.69, 9.17) is 12.6 Å². The number of rotatable bonds is 7. The summed E-state index contributed by atoms with van der Waals surface area (Å²) >= 11 is 5.74. The van der Waals surface area contributed by atoms with Crippen LogP contribution in [0.4, 0.5) is 0 Å². The van der Waals surface area contributed by atoms with Crippen LogP contribution < -0.4 is 69.8 Å². The van der Waals surface area contributed by atoms with E-state index in [0.717, 1.165) is 12.0 Å². The molecule has 1 aliphatic rings. The zero-order chi connectivity index (χ0) is 13.8. The third-order valence-corrected chi connectivity index (χ3v) is 3.79. The second-order valence-corrected chi connectivity index (χ2v) is 5.87. The smallest absolute Gasteiger partial charge is 0.757 e. The second kappa shape index (κ2) is 11.8. The molecule has 0 aliphatic carbocycles. The van der Waals surface area contributed by atoms with Crippen molar-refractivity contribution < 1.29 is 86.7 Å². The Labute approximate surface area is 171 Å². The van der Waals surface area contributed by atoms with Gasteiger partial charge < -0.3 is 22.4 Å². The summed E-state index contributed by atoms with van der Waals surface area (Å²) in [6, 6.07) is 0. The van der Waals surface area contributed by atoms with Crippen LogP contribution in [0.3, 0.4) is 0 Å². The van der Waals surface area contributed by atoms with Crippen molar-refractivity contribution >= 4 is 34.8 Å². The van der Waals surface area contributed by atoms with E-state index in [1.165, 1.54) is 4.90 Å². The number of hydrazine groups is 1. The first-order chi connectivity index (χ1) is 8.39. The average molecular weight is 364 g/mol. The summed E-state index contributed by atoms with van der Waals surface area (Å²) in [5.41, 5.74) is 2.08. The van der Waals surface area contributed by atoms with Gasteiger partial charge in [0.15, 0.2) is 0 Å². The zero-order valence-corrected chi connectivity index (χ0v) is 17.8. The van der Waals surface area contributed by atoms with Crippen molar-refractivity contribution in [1.29, 1.82) is 0 Å². The van der Waals surface area contributed by atoms with E-state index < -0.39 is 21.5 Å². The first-order valence-electron chi connectivity index (χ1n) is 4.85. The van der Waals surface area contributed by atoms with Gasteiger partial charge in [-0.3, -0.25) is 15.4 Å². The predicted octanol–water partition coefficient (Wildman–Crippen LogP) is -7.98. The Kier molecular flexibility index (Phi) is 14.6. The summed E-state index contributed by atoms with van der Waals surface area (Å²) in [7, 11) is -4.40. The summed E-state index contributed by atoms with van der Waals surface area (Å²) in [6.07, 6.45) is 0.160. The molecule has 14 heteroatoms. The third kappa shape index (κ3) is 8.29. The van der Waals surface area contributed by atoms with Gasteiger partial charge in [0.1, 0.15) is 10.1 Å². The molecule has 0 aromatic rings. The third-order valence-electron chi connectivity index (χ3n) is 2.26. The summed E-state index contributed by atoms with van der Waals surface area (Å²) in [4.78, 5) is 1.34. The number of hydrogen-bond acceptors (Lipinski definition) is 11. The quantitative estimate of drug-likeness (QED) is 0.0883. The minimum absolute atomic E-state index is 0. The van der Waals surface area contributed by atoms with Gasteiger partial charge in [-0.15, -0.1) is 0 Å². The van der Waals surface area contributed by atoms with E-state index >= 15 is 0 Å². The average Bonchev–Trinajstić information content (AvgIpc) is 2.53. The molecule has 1 saturated heterocycles. The van der Waals surface area contributed by atoms with E-state index in [-0.39, 0.29) is 71.2 Å². The van der Waals surface area contributed by atoms with Gasteiger partial charge >= 0.3 is 59.1 Å². The van der Waals surface area contributed by atoms with Crippen molar-refractivity contribution in [3.05, 3.63) is 0 Å². The summed E-state index contributed by atoms with van der Waals surface area (Å²) in [6.45, 7) is 1.81. The fraction of sp³-hybridized carbons (Fsp3) is 1.00. The molecule has 1 rings (SSSR count). The molecule has 2 atom stereocenters. The second-order valence-electron chi connectivity index (χ2n) is 3.42. The molecule has 1 aliphatic heterocycles. The fourth-order valence-electron chi connectivity index (χ4n) is 1.65. The van der Waals surface area contributed by atoms with Crippen molar-refractivity contribution in [3.8, 4) is 0 Å². The molecule has 9 nitrogen and oxygen atoms in total. The van der Waals surface area contributed by atoms with Gasteiger partial charge in [0.25, 0.3) is 0 Å². The summed E-state index contributed by atoms with van der Waals surface area (Å²) in [5.74, 6) is -0.490. The molecule has 0 radical (unpaired) electrons. The molecule has 0 spiro atoms. The number of hydrogen-bond donors (Lipinski definition) is 1. The molecule has 1 fully saturated rings. The van der Waals surface area contributed by atoms with Crippen LogP contribution in [0.1, 0.15) is 13.3 Å². The zero-order valence-electron chi connectivity index (χ0n) is 11.3. The van der Waals surface area contributed by atoms with Crippen molar-refractivity contribution in [1.82, 2.24) is 15.3 Å². The maximum atomic E-state index is 10.8. The van der Waals surface area contributed by atoms with Crippen LogP contribution in [0.2, 0.25) is 0 Å². The minimum Gasteiger partial charge on any atom is -0.757 e. The van der Waals surface area contributed by atoms with Crippen molar-refractivity contribution in [2.45, 2.75) is 25.0 Å². The first kappa shape index (κ1) is 24.6. The van der Waals surface area contributed by atoms with Crippen LogP contribution in [0.25, 0.3) is 0 Å². The maximum absolute atomic E-state index is 10.8. The molecule has 0 saturated carbocycles. The summed E-state index contributed by atoms with van der Waals surface area (Å²) in [5, 5.41) is 14.4. The van der Waals surface area contributed by atoms with Crippen LogP contribution in [0.5, 0.6) is 0 Å². The van der Waals surface area contributed by atoms with E-state index in [9.17, 15) is 18.2 Å². The van der Waals surface area contributed by atoms with E-state index in [1.807, 2.05) is 6.92 Å². The molecule has 20 heavy (non-hydrogen) atoms. The minimum atomic E-state index is -4.40.